The molecule has 0 N–H and O–H groups in total. The lowest BCUT2D eigenvalue weighted by atomic mass is 10.3. The van der Waals surface area contributed by atoms with Crippen LogP contribution in [-0.4, -0.2) is 49.4 Å². The molecular formula is C9H6F10O4. The van der Waals surface area contributed by atoms with Gasteiger partial charge >= 0.3 is 36.1 Å². The Balaban J connectivity index is 4.36. The van der Waals surface area contributed by atoms with Gasteiger partial charge in [0.15, 0.2) is 13.2 Å². The molecule has 0 aliphatic carbocycles. The van der Waals surface area contributed by atoms with Gasteiger partial charge in [0.1, 0.15) is 6.42 Å². The summed E-state index contributed by atoms with van der Waals surface area (Å²) in [6.45, 7) is -5.00. The van der Waals surface area contributed by atoms with Gasteiger partial charge in [0.2, 0.25) is 0 Å². The lowest BCUT2D eigenvalue weighted by Gasteiger charge is -2.20. The molecule has 4 nitrogen and oxygen atoms in total. The van der Waals surface area contributed by atoms with Crippen LogP contribution < -0.4 is 0 Å². The zero-order chi connectivity index (χ0) is 18.7. The second kappa shape index (κ2) is 6.78. The molecule has 0 heterocycles. The lowest BCUT2D eigenvalue weighted by molar-refractivity contribution is -0.295. The molecule has 0 aromatic rings. The van der Waals surface area contributed by atoms with E-state index in [-0.39, 0.29) is 0 Å². The maximum Gasteiger partial charge on any atom is 0.456 e. The van der Waals surface area contributed by atoms with E-state index in [9.17, 15) is 53.5 Å². The fourth-order valence-electron chi connectivity index (χ4n) is 0.726. The summed E-state index contributed by atoms with van der Waals surface area (Å²) in [4.78, 5) is 21.4. The van der Waals surface area contributed by atoms with Gasteiger partial charge in [-0.15, -0.1) is 0 Å². The van der Waals surface area contributed by atoms with Crippen LogP contribution in [-0.2, 0) is 19.1 Å². The summed E-state index contributed by atoms with van der Waals surface area (Å²) in [7, 11) is 0. The van der Waals surface area contributed by atoms with E-state index in [1.54, 1.807) is 0 Å². The fraction of sp³-hybridized carbons (Fsp3) is 0.778. The summed E-state index contributed by atoms with van der Waals surface area (Å²) in [6, 6.07) is 0. The number of alkyl halides is 10. The highest BCUT2D eigenvalue weighted by Crippen LogP contribution is 2.36. The Morgan fingerprint density at radius 2 is 0.870 bits per heavy atom. The Labute approximate surface area is 120 Å². The number of ether oxygens (including phenoxy) is 2. The van der Waals surface area contributed by atoms with Crippen molar-refractivity contribution in [3.8, 4) is 0 Å². The molecule has 0 fully saturated rings. The van der Waals surface area contributed by atoms with Crippen molar-refractivity contribution < 1.29 is 63.0 Å². The smallest absolute Gasteiger partial charge is 0.456 e. The van der Waals surface area contributed by atoms with Gasteiger partial charge in [0.25, 0.3) is 0 Å². The van der Waals surface area contributed by atoms with Crippen LogP contribution in [0, 0.1) is 0 Å². The van der Waals surface area contributed by atoms with Crippen molar-refractivity contribution in [3.05, 3.63) is 0 Å². The Kier molecular flexibility index (Phi) is 6.26. The molecule has 14 heteroatoms. The maximum atomic E-state index is 12.3. The summed E-state index contributed by atoms with van der Waals surface area (Å²) in [6.07, 6.45) is -13.8. The zero-order valence-corrected chi connectivity index (χ0v) is 10.5. The zero-order valence-electron chi connectivity index (χ0n) is 10.5. The minimum absolute atomic E-state index is 1.73. The minimum atomic E-state index is -6.05. The Morgan fingerprint density at radius 3 is 1.09 bits per heavy atom. The van der Waals surface area contributed by atoms with Crippen molar-refractivity contribution in [1.29, 1.82) is 0 Å². The van der Waals surface area contributed by atoms with Crippen molar-refractivity contribution in [2.75, 3.05) is 13.2 Å². The van der Waals surface area contributed by atoms with Crippen LogP contribution in [0.4, 0.5) is 43.9 Å². The quantitative estimate of drug-likeness (QED) is 0.411. The molecule has 23 heavy (non-hydrogen) atoms. The molecular weight excluding hydrogens is 362 g/mol. The maximum absolute atomic E-state index is 12.3. The van der Waals surface area contributed by atoms with Crippen molar-refractivity contribution in [3.63, 3.8) is 0 Å². The summed E-state index contributed by atoms with van der Waals surface area (Å²) in [5.74, 6) is -14.9. The lowest BCUT2D eigenvalue weighted by Crippen LogP contribution is -2.42. The van der Waals surface area contributed by atoms with E-state index in [2.05, 4.69) is 9.47 Å². The summed E-state index contributed by atoms with van der Waals surface area (Å²) in [5, 5.41) is 0. The number of hydrogen-bond acceptors (Lipinski definition) is 4. The van der Waals surface area contributed by atoms with Crippen molar-refractivity contribution in [1.82, 2.24) is 0 Å². The summed E-state index contributed by atoms with van der Waals surface area (Å²) >= 11 is 0. The van der Waals surface area contributed by atoms with Crippen LogP contribution in [0.3, 0.4) is 0 Å². The third kappa shape index (κ3) is 6.48. The molecule has 0 aromatic carbocycles. The van der Waals surface area contributed by atoms with Crippen molar-refractivity contribution >= 4 is 11.9 Å². The Bertz CT molecular complexity index is 399. The van der Waals surface area contributed by atoms with Crippen LogP contribution in [0.15, 0.2) is 0 Å². The van der Waals surface area contributed by atoms with E-state index in [0.717, 1.165) is 0 Å². The number of hydrogen-bond donors (Lipinski definition) is 0. The van der Waals surface area contributed by atoms with Gasteiger partial charge in [-0.25, -0.2) is 0 Å². The molecule has 0 radical (unpaired) electrons. The van der Waals surface area contributed by atoms with Crippen molar-refractivity contribution in [2.45, 2.75) is 30.6 Å². The molecule has 0 unspecified atom stereocenters. The average molecular weight is 368 g/mol. The van der Waals surface area contributed by atoms with Crippen LogP contribution >= 0.6 is 0 Å². The normalized spacial score (nSPS) is 13.7. The summed E-state index contributed by atoms with van der Waals surface area (Å²) in [5.41, 5.74) is 0. The standard InChI is InChI=1S/C9H6F10O4/c10-6(11,8(14,15)16)2-22-4(20)1-5(21)23-3-7(12,13)9(17,18)19/h1-3H2. The molecule has 0 spiro atoms. The van der Waals surface area contributed by atoms with Gasteiger partial charge in [-0.2, -0.15) is 43.9 Å². The highest BCUT2D eigenvalue weighted by Gasteiger charge is 2.59. The molecule has 0 aromatic heterocycles. The second-order valence-electron chi connectivity index (χ2n) is 3.90. The van der Waals surface area contributed by atoms with Gasteiger partial charge in [-0.05, 0) is 0 Å². The van der Waals surface area contributed by atoms with E-state index in [4.69, 9.17) is 0 Å². The van der Waals surface area contributed by atoms with Gasteiger partial charge in [-0.1, -0.05) is 0 Å². The molecule has 0 amide bonds. The highest BCUT2D eigenvalue weighted by atomic mass is 19.4. The van der Waals surface area contributed by atoms with Crippen molar-refractivity contribution in [2.24, 2.45) is 0 Å². The number of halogens is 10. The average Bonchev–Trinajstić information content (AvgIpc) is 2.31. The first-order valence-corrected chi connectivity index (χ1v) is 5.20. The molecule has 0 saturated heterocycles. The first-order chi connectivity index (χ1) is 9.99. The van der Waals surface area contributed by atoms with Crippen LogP contribution in [0.25, 0.3) is 0 Å². The third-order valence-corrected chi connectivity index (χ3v) is 1.95. The molecule has 0 saturated carbocycles. The Morgan fingerprint density at radius 1 is 0.609 bits per heavy atom. The minimum Gasteiger partial charge on any atom is -0.458 e. The SMILES string of the molecule is O=C(CC(=O)OCC(F)(F)C(F)(F)F)OCC(F)(F)C(F)(F)F. The first-order valence-electron chi connectivity index (χ1n) is 5.20. The molecule has 0 rings (SSSR count). The number of carbonyl (C=O) groups is 2. The predicted molar refractivity (Wildman–Crippen MR) is 48.5 cm³/mol. The van der Waals surface area contributed by atoms with E-state index < -0.39 is 55.8 Å². The van der Waals surface area contributed by atoms with Crippen LogP contribution in [0.1, 0.15) is 6.42 Å². The molecule has 0 aliphatic rings. The number of esters is 2. The number of carbonyl (C=O) groups excluding carboxylic acids is 2. The van der Waals surface area contributed by atoms with E-state index >= 15 is 0 Å². The predicted octanol–water partition coefficient (Wildman–Crippen LogP) is 2.86. The topological polar surface area (TPSA) is 52.6 Å². The van der Waals surface area contributed by atoms with E-state index in [1.807, 2.05) is 0 Å². The van der Waals surface area contributed by atoms with Gasteiger partial charge in [0.05, 0.1) is 0 Å². The molecule has 0 bridgehead atoms. The Hall–Kier alpha value is -1.76. The van der Waals surface area contributed by atoms with E-state index in [1.165, 1.54) is 0 Å². The largest absolute Gasteiger partial charge is 0.458 e. The first kappa shape index (κ1) is 21.2. The monoisotopic (exact) mass is 368 g/mol. The van der Waals surface area contributed by atoms with E-state index in [0.29, 0.717) is 0 Å². The van der Waals surface area contributed by atoms with Gasteiger partial charge in [0, 0.05) is 0 Å². The number of rotatable bonds is 6. The molecule has 0 atom stereocenters. The molecule has 0 aliphatic heterocycles. The fourth-order valence-corrected chi connectivity index (χ4v) is 0.726. The molecule has 136 valence electrons. The van der Waals surface area contributed by atoms with Gasteiger partial charge < -0.3 is 9.47 Å². The van der Waals surface area contributed by atoms with Crippen LogP contribution in [0.2, 0.25) is 0 Å². The highest BCUT2D eigenvalue weighted by molar-refractivity contribution is 5.91. The summed E-state index contributed by atoms with van der Waals surface area (Å²) < 4.78 is 126. The third-order valence-electron chi connectivity index (χ3n) is 1.95. The van der Waals surface area contributed by atoms with Gasteiger partial charge in [-0.3, -0.25) is 9.59 Å². The van der Waals surface area contributed by atoms with Crippen LogP contribution in [0.5, 0.6) is 0 Å². The second-order valence-corrected chi connectivity index (χ2v) is 3.90.